The Balaban J connectivity index is 2.20. The Bertz CT molecular complexity index is 1220. The highest BCUT2D eigenvalue weighted by Gasteiger charge is 2.49. The van der Waals surface area contributed by atoms with E-state index in [9.17, 15) is 14.0 Å². The lowest BCUT2D eigenvalue weighted by Gasteiger charge is -2.41. The predicted octanol–water partition coefficient (Wildman–Crippen LogP) is 5.70. The molecule has 0 unspecified atom stereocenters. The fraction of sp³-hybridized carbons (Fsp3) is 0.346. The Hall–Kier alpha value is -3.70. The molecular formula is C26H26FNO6. The van der Waals surface area contributed by atoms with Crippen LogP contribution in [0.15, 0.2) is 42.2 Å². The summed E-state index contributed by atoms with van der Waals surface area (Å²) in [6.07, 6.45) is -0.424. The molecule has 0 radical (unpaired) electrons. The summed E-state index contributed by atoms with van der Waals surface area (Å²) in [6.45, 7) is 8.59. The third-order valence-corrected chi connectivity index (χ3v) is 5.43. The number of carbonyl (C=O) groups excluding carboxylic acids is 2. The van der Waals surface area contributed by atoms with Crippen LogP contribution < -0.4 is 4.74 Å². The van der Waals surface area contributed by atoms with Gasteiger partial charge in [0.15, 0.2) is 23.1 Å². The van der Waals surface area contributed by atoms with E-state index in [4.69, 9.17) is 19.5 Å². The zero-order valence-corrected chi connectivity index (χ0v) is 19.9. The molecule has 0 bridgehead atoms. The number of halogens is 1. The first kappa shape index (κ1) is 24.9. The molecule has 3 rings (SSSR count). The first-order chi connectivity index (χ1) is 15.9. The summed E-state index contributed by atoms with van der Waals surface area (Å²) in [4.78, 5) is 25.6. The molecule has 0 aliphatic carbocycles. The third kappa shape index (κ3) is 4.80. The molecular weight excluding hydrogens is 441 g/mol. The van der Waals surface area contributed by atoms with Gasteiger partial charge >= 0.3 is 6.16 Å². The quantitative estimate of drug-likeness (QED) is 0.520. The maximum Gasteiger partial charge on any atom is 0.513 e. The molecule has 0 spiro atoms. The van der Waals surface area contributed by atoms with Crippen LogP contribution in [-0.4, -0.2) is 30.3 Å². The molecule has 1 aliphatic rings. The number of aryl methyl sites for hydroxylation is 1. The minimum Gasteiger partial charge on any atom is -0.454 e. The molecule has 7 nitrogen and oxygen atoms in total. The third-order valence-electron chi connectivity index (χ3n) is 5.43. The lowest BCUT2D eigenvalue weighted by molar-refractivity contribution is -0.158. The smallest absolute Gasteiger partial charge is 0.454 e. The summed E-state index contributed by atoms with van der Waals surface area (Å²) in [5.41, 5.74) is -0.753. The second-order valence-corrected chi connectivity index (χ2v) is 8.74. The van der Waals surface area contributed by atoms with Gasteiger partial charge in [-0.3, -0.25) is 4.79 Å². The fourth-order valence-electron chi connectivity index (χ4n) is 3.92. The Labute approximate surface area is 197 Å². The van der Waals surface area contributed by atoms with Gasteiger partial charge in [0.2, 0.25) is 0 Å². The zero-order chi connectivity index (χ0) is 25.3. The minimum absolute atomic E-state index is 0.0140. The van der Waals surface area contributed by atoms with Crippen LogP contribution in [0, 0.1) is 17.1 Å². The van der Waals surface area contributed by atoms with Crippen molar-refractivity contribution in [2.45, 2.75) is 52.2 Å². The van der Waals surface area contributed by atoms with Gasteiger partial charge in [-0.2, -0.15) is 5.26 Å². The molecule has 178 valence electrons. The normalized spacial score (nSPS) is 16.6. The molecule has 8 heteroatoms. The van der Waals surface area contributed by atoms with E-state index in [0.717, 1.165) is 11.6 Å². The molecule has 0 aromatic heterocycles. The van der Waals surface area contributed by atoms with E-state index in [1.165, 1.54) is 19.2 Å². The van der Waals surface area contributed by atoms with Crippen molar-refractivity contribution >= 4 is 17.5 Å². The summed E-state index contributed by atoms with van der Waals surface area (Å²) in [6, 6.07) is 10.8. The average Bonchev–Trinajstić information content (AvgIpc) is 2.78. The number of Topliss-reactive ketones (excluding diaryl/α,β-unsaturated/α-hetero) is 1. The lowest BCUT2D eigenvalue weighted by Crippen LogP contribution is -2.50. The minimum atomic E-state index is -1.21. The Morgan fingerprint density at radius 3 is 2.41 bits per heavy atom. The number of hydrogen-bond acceptors (Lipinski definition) is 7. The van der Waals surface area contributed by atoms with Gasteiger partial charge in [-0.25, -0.2) is 9.18 Å². The van der Waals surface area contributed by atoms with E-state index in [-0.39, 0.29) is 34.2 Å². The number of rotatable bonds is 5. The van der Waals surface area contributed by atoms with Crippen LogP contribution in [0.5, 0.6) is 11.5 Å². The van der Waals surface area contributed by atoms with E-state index >= 15 is 0 Å². The predicted molar refractivity (Wildman–Crippen MR) is 122 cm³/mol. The summed E-state index contributed by atoms with van der Waals surface area (Å²) in [5.74, 6) is -0.885. The first-order valence-corrected chi connectivity index (χ1v) is 10.7. The molecule has 0 amide bonds. The second-order valence-electron chi connectivity index (χ2n) is 8.74. The standard InChI is InChI=1S/C26H26FNO6/c1-7-16-9-10-17(32-20-11-8-15(14-28)12-19(20)27)13-18(16)21-22(29)25(2,3)34-26(4,5)23(21)33-24(30)31-6/h8-13H,7H2,1-6H3. The molecule has 0 fully saturated rings. The van der Waals surface area contributed by atoms with E-state index in [1.54, 1.807) is 45.9 Å². The van der Waals surface area contributed by atoms with Gasteiger partial charge < -0.3 is 18.9 Å². The maximum absolute atomic E-state index is 14.4. The second kappa shape index (κ2) is 9.27. The monoisotopic (exact) mass is 467 g/mol. The van der Waals surface area contributed by atoms with Gasteiger partial charge in [-0.05, 0) is 75.6 Å². The number of benzene rings is 2. The molecule has 1 aliphatic heterocycles. The van der Waals surface area contributed by atoms with Gasteiger partial charge in [0.05, 0.1) is 24.3 Å². The fourth-order valence-corrected chi connectivity index (χ4v) is 3.92. The number of methoxy groups -OCH3 is 1. The number of ketones is 1. The highest BCUT2D eigenvalue weighted by Crippen LogP contribution is 2.43. The number of carbonyl (C=O) groups is 2. The molecule has 0 N–H and O–H groups in total. The number of nitrogens with zero attached hydrogens (tertiary/aromatic N) is 1. The SMILES string of the molecule is CCc1ccc(Oc2ccc(C#N)cc2F)cc1C1=C(OC(=O)OC)C(C)(C)OC(C)(C)C1=O. The van der Waals surface area contributed by atoms with E-state index < -0.39 is 23.2 Å². The molecule has 2 aromatic carbocycles. The number of ether oxygens (including phenoxy) is 4. The van der Waals surface area contributed by atoms with Gasteiger partial charge in [0, 0.05) is 0 Å². The molecule has 0 atom stereocenters. The van der Waals surface area contributed by atoms with Crippen LogP contribution in [-0.2, 0) is 25.4 Å². The highest BCUT2D eigenvalue weighted by molar-refractivity contribution is 6.26. The van der Waals surface area contributed by atoms with Gasteiger partial charge in [-0.1, -0.05) is 13.0 Å². The van der Waals surface area contributed by atoms with Crippen LogP contribution in [0.3, 0.4) is 0 Å². The van der Waals surface area contributed by atoms with Crippen molar-refractivity contribution in [3.63, 3.8) is 0 Å². The molecule has 1 heterocycles. The largest absolute Gasteiger partial charge is 0.513 e. The number of hydrogen-bond donors (Lipinski definition) is 0. The van der Waals surface area contributed by atoms with Crippen molar-refractivity contribution in [1.82, 2.24) is 0 Å². The lowest BCUT2D eigenvalue weighted by atomic mass is 9.81. The van der Waals surface area contributed by atoms with Gasteiger partial charge in [-0.15, -0.1) is 0 Å². The van der Waals surface area contributed by atoms with Crippen molar-refractivity contribution in [3.8, 4) is 17.6 Å². The van der Waals surface area contributed by atoms with Crippen LogP contribution >= 0.6 is 0 Å². The van der Waals surface area contributed by atoms with E-state index in [0.29, 0.717) is 12.0 Å². The summed E-state index contributed by atoms with van der Waals surface area (Å²) in [5, 5.41) is 8.95. The Kier molecular flexibility index (Phi) is 6.80. The van der Waals surface area contributed by atoms with Crippen molar-refractivity contribution in [1.29, 1.82) is 5.26 Å². The Morgan fingerprint density at radius 2 is 1.82 bits per heavy atom. The summed E-state index contributed by atoms with van der Waals surface area (Å²) in [7, 11) is 1.17. The van der Waals surface area contributed by atoms with Crippen molar-refractivity contribution in [2.24, 2.45) is 0 Å². The molecule has 2 aromatic rings. The van der Waals surface area contributed by atoms with Gasteiger partial charge in [0.25, 0.3) is 0 Å². The van der Waals surface area contributed by atoms with Crippen molar-refractivity contribution < 1.29 is 32.9 Å². The van der Waals surface area contributed by atoms with Crippen LogP contribution in [0.2, 0.25) is 0 Å². The van der Waals surface area contributed by atoms with Crippen LogP contribution in [0.1, 0.15) is 51.3 Å². The number of nitriles is 1. The summed E-state index contributed by atoms with van der Waals surface area (Å²) < 4.78 is 36.2. The Morgan fingerprint density at radius 1 is 1.12 bits per heavy atom. The maximum atomic E-state index is 14.4. The molecule has 0 saturated carbocycles. The topological polar surface area (TPSA) is 94.8 Å². The van der Waals surface area contributed by atoms with Crippen molar-refractivity contribution in [2.75, 3.05) is 7.11 Å². The van der Waals surface area contributed by atoms with Gasteiger partial charge in [0.1, 0.15) is 17.0 Å². The van der Waals surface area contributed by atoms with Crippen molar-refractivity contribution in [3.05, 3.63) is 64.7 Å². The highest BCUT2D eigenvalue weighted by atomic mass is 19.1. The molecule has 34 heavy (non-hydrogen) atoms. The average molecular weight is 467 g/mol. The van der Waals surface area contributed by atoms with E-state index in [1.807, 2.05) is 13.0 Å². The summed E-state index contributed by atoms with van der Waals surface area (Å²) >= 11 is 0. The zero-order valence-electron chi connectivity index (χ0n) is 19.9. The molecule has 0 saturated heterocycles. The van der Waals surface area contributed by atoms with E-state index in [2.05, 4.69) is 4.74 Å². The van der Waals surface area contributed by atoms with Crippen LogP contribution in [0.4, 0.5) is 9.18 Å². The first-order valence-electron chi connectivity index (χ1n) is 10.7. The van der Waals surface area contributed by atoms with Crippen LogP contribution in [0.25, 0.3) is 5.57 Å².